The Morgan fingerprint density at radius 2 is 1.62 bits per heavy atom. The van der Waals surface area contributed by atoms with E-state index in [1.165, 1.54) is 0 Å². The number of Topliss-reactive ketones (excluding diaryl/α,β-unsaturated/α-hetero) is 1. The molecule has 0 bridgehead atoms. The highest BCUT2D eigenvalue weighted by atomic mass is 16.5. The van der Waals surface area contributed by atoms with Crippen LogP contribution in [-0.2, 0) is 20.9 Å². The predicted molar refractivity (Wildman–Crippen MR) is 173 cm³/mol. The van der Waals surface area contributed by atoms with Gasteiger partial charge < -0.3 is 20.7 Å². The monoisotopic (exact) mass is 615 g/mol. The number of aromatic nitrogens is 1. The van der Waals surface area contributed by atoms with Crippen LogP contribution in [0.5, 0.6) is 0 Å². The van der Waals surface area contributed by atoms with Crippen LogP contribution in [0.4, 0.5) is 4.79 Å². The summed E-state index contributed by atoms with van der Waals surface area (Å²) in [5.41, 5.74) is 1.85. The molecule has 4 rings (SSSR count). The third-order valence-electron chi connectivity index (χ3n) is 7.77. The maximum absolute atomic E-state index is 13.3. The molecule has 3 amide bonds. The Balaban J connectivity index is 1.29. The second-order valence-corrected chi connectivity index (χ2v) is 12.7. The average Bonchev–Trinajstić information content (AvgIpc) is 3.36. The molecular formula is C35H45N5O5. The Kier molecular flexibility index (Phi) is 12.0. The van der Waals surface area contributed by atoms with Crippen LogP contribution in [0.25, 0.3) is 10.9 Å². The van der Waals surface area contributed by atoms with E-state index in [0.717, 1.165) is 17.4 Å². The zero-order chi connectivity index (χ0) is 32.3. The third-order valence-corrected chi connectivity index (χ3v) is 7.77. The minimum Gasteiger partial charge on any atom is -0.445 e. The summed E-state index contributed by atoms with van der Waals surface area (Å²) in [6.07, 6.45) is 0.685. The van der Waals surface area contributed by atoms with Crippen molar-refractivity contribution >= 4 is 34.6 Å². The van der Waals surface area contributed by atoms with Crippen LogP contribution in [0.15, 0.2) is 66.7 Å². The Labute approximate surface area is 265 Å². The zero-order valence-corrected chi connectivity index (χ0v) is 26.6. The van der Waals surface area contributed by atoms with Crippen molar-refractivity contribution in [2.75, 3.05) is 26.2 Å². The SMILES string of the molecule is CC(C)C[C@@H](CN1CC(=O)C(CNC(=O)[C@H](CC(C)C)NC(=O)c2ccc3ccccc3n2)C1)NC(=O)OCc1ccccc1. The molecule has 2 aromatic carbocycles. The molecule has 240 valence electrons. The smallest absolute Gasteiger partial charge is 0.407 e. The van der Waals surface area contributed by atoms with Gasteiger partial charge in [-0.15, -0.1) is 0 Å². The molecule has 1 aromatic heterocycles. The molecule has 0 aliphatic carbocycles. The van der Waals surface area contributed by atoms with Crippen molar-refractivity contribution in [2.24, 2.45) is 17.8 Å². The molecule has 10 nitrogen and oxygen atoms in total. The predicted octanol–water partition coefficient (Wildman–Crippen LogP) is 4.34. The highest BCUT2D eigenvalue weighted by Gasteiger charge is 2.33. The molecule has 3 atom stereocenters. The van der Waals surface area contributed by atoms with Crippen molar-refractivity contribution in [1.29, 1.82) is 0 Å². The lowest BCUT2D eigenvalue weighted by molar-refractivity contribution is -0.124. The number of ketones is 1. The van der Waals surface area contributed by atoms with E-state index in [2.05, 4.69) is 34.8 Å². The van der Waals surface area contributed by atoms with E-state index in [0.29, 0.717) is 30.9 Å². The molecule has 3 N–H and O–H groups in total. The van der Waals surface area contributed by atoms with Crippen LogP contribution < -0.4 is 16.0 Å². The Morgan fingerprint density at radius 3 is 2.36 bits per heavy atom. The van der Waals surface area contributed by atoms with Gasteiger partial charge in [-0.3, -0.25) is 19.3 Å². The maximum atomic E-state index is 13.3. The first-order valence-corrected chi connectivity index (χ1v) is 15.7. The number of para-hydroxylation sites is 1. The Morgan fingerprint density at radius 1 is 0.911 bits per heavy atom. The fourth-order valence-electron chi connectivity index (χ4n) is 5.61. The number of carbonyl (C=O) groups is 4. The minimum atomic E-state index is -0.764. The van der Waals surface area contributed by atoms with E-state index in [-0.39, 0.29) is 55.0 Å². The van der Waals surface area contributed by atoms with Gasteiger partial charge >= 0.3 is 6.09 Å². The van der Waals surface area contributed by atoms with E-state index in [4.69, 9.17) is 4.74 Å². The molecule has 2 heterocycles. The second-order valence-electron chi connectivity index (χ2n) is 12.7. The van der Waals surface area contributed by atoms with Gasteiger partial charge in [0.05, 0.1) is 12.1 Å². The molecule has 45 heavy (non-hydrogen) atoms. The van der Waals surface area contributed by atoms with Crippen LogP contribution in [0.1, 0.15) is 56.6 Å². The molecule has 1 aliphatic rings. The Bertz CT molecular complexity index is 1460. The van der Waals surface area contributed by atoms with Gasteiger partial charge in [0.1, 0.15) is 18.3 Å². The number of rotatable bonds is 14. The summed E-state index contributed by atoms with van der Waals surface area (Å²) in [5.74, 6) is -0.610. The molecule has 3 aromatic rings. The normalized spacial score (nSPS) is 16.5. The molecule has 10 heteroatoms. The number of nitrogens with zero attached hydrogens (tertiary/aromatic N) is 2. The Hall–Kier alpha value is -4.31. The molecular weight excluding hydrogens is 570 g/mol. The lowest BCUT2D eigenvalue weighted by Crippen LogP contribution is -2.49. The second kappa shape index (κ2) is 16.1. The first-order valence-electron chi connectivity index (χ1n) is 15.7. The van der Waals surface area contributed by atoms with Crippen molar-refractivity contribution in [3.63, 3.8) is 0 Å². The van der Waals surface area contributed by atoms with E-state index in [9.17, 15) is 19.2 Å². The highest BCUT2D eigenvalue weighted by molar-refractivity contribution is 5.98. The summed E-state index contributed by atoms with van der Waals surface area (Å²) in [6, 6.07) is 19.6. The number of fused-ring (bicyclic) bond motifs is 1. The van der Waals surface area contributed by atoms with Crippen LogP contribution in [-0.4, -0.2) is 71.8 Å². The molecule has 1 saturated heterocycles. The van der Waals surface area contributed by atoms with Crippen molar-refractivity contribution in [2.45, 2.75) is 59.2 Å². The van der Waals surface area contributed by atoms with Crippen molar-refractivity contribution in [1.82, 2.24) is 25.8 Å². The summed E-state index contributed by atoms with van der Waals surface area (Å²) >= 11 is 0. The molecule has 0 spiro atoms. The summed E-state index contributed by atoms with van der Waals surface area (Å²) in [6.45, 7) is 9.71. The lowest BCUT2D eigenvalue weighted by Gasteiger charge is -2.25. The number of ether oxygens (including phenoxy) is 1. The zero-order valence-electron chi connectivity index (χ0n) is 26.6. The number of pyridine rings is 1. The molecule has 1 unspecified atom stereocenters. The minimum absolute atomic E-state index is 0.0371. The van der Waals surface area contributed by atoms with Gasteiger partial charge in [0.25, 0.3) is 5.91 Å². The number of carbonyl (C=O) groups excluding carboxylic acids is 4. The van der Waals surface area contributed by atoms with E-state index in [1.54, 1.807) is 6.07 Å². The van der Waals surface area contributed by atoms with Gasteiger partial charge in [-0.2, -0.15) is 0 Å². The highest BCUT2D eigenvalue weighted by Crippen LogP contribution is 2.16. The van der Waals surface area contributed by atoms with Crippen molar-refractivity contribution in [3.05, 3.63) is 78.0 Å². The number of nitrogens with one attached hydrogen (secondary N) is 3. The fourth-order valence-corrected chi connectivity index (χ4v) is 5.61. The van der Waals surface area contributed by atoms with E-state index >= 15 is 0 Å². The van der Waals surface area contributed by atoms with Gasteiger partial charge in [-0.05, 0) is 42.4 Å². The van der Waals surface area contributed by atoms with Crippen molar-refractivity contribution in [3.8, 4) is 0 Å². The average molecular weight is 616 g/mol. The first kappa shape index (κ1) is 33.6. The summed E-state index contributed by atoms with van der Waals surface area (Å²) in [5, 5.41) is 9.65. The summed E-state index contributed by atoms with van der Waals surface area (Å²) < 4.78 is 5.42. The number of hydrogen-bond donors (Lipinski definition) is 3. The lowest BCUT2D eigenvalue weighted by atomic mass is 10.0. The quantitative estimate of drug-likeness (QED) is 0.246. The number of hydrogen-bond acceptors (Lipinski definition) is 7. The van der Waals surface area contributed by atoms with Gasteiger partial charge in [0.2, 0.25) is 5.91 Å². The molecule has 1 fully saturated rings. The van der Waals surface area contributed by atoms with Gasteiger partial charge in [0.15, 0.2) is 5.78 Å². The standard InChI is InChI=1S/C35H45N5O5/c1-23(2)16-28(37-35(44)45-22-25-10-6-5-7-11-25)20-40-19-27(32(41)21-40)18-36-33(42)31(17-24(3)4)39-34(43)30-15-14-26-12-8-9-13-29(26)38-30/h5-15,23-24,27-28,31H,16-22H2,1-4H3,(H,36,42)(H,37,44)(H,39,43)/t27?,28-,31-/m0/s1. The van der Waals surface area contributed by atoms with Gasteiger partial charge in [-0.25, -0.2) is 9.78 Å². The first-order chi connectivity index (χ1) is 21.6. The van der Waals surface area contributed by atoms with Gasteiger partial charge in [0, 0.05) is 37.0 Å². The maximum Gasteiger partial charge on any atom is 0.407 e. The summed E-state index contributed by atoms with van der Waals surface area (Å²) in [4.78, 5) is 58.2. The summed E-state index contributed by atoms with van der Waals surface area (Å²) in [7, 11) is 0. The number of amides is 3. The van der Waals surface area contributed by atoms with E-state index in [1.807, 2.05) is 79.4 Å². The van der Waals surface area contributed by atoms with Crippen LogP contribution in [0.2, 0.25) is 0 Å². The molecule has 0 saturated carbocycles. The number of likely N-dealkylation sites (tertiary alicyclic amines) is 1. The largest absolute Gasteiger partial charge is 0.445 e. The third kappa shape index (κ3) is 10.4. The van der Waals surface area contributed by atoms with Crippen LogP contribution in [0, 0.1) is 17.8 Å². The van der Waals surface area contributed by atoms with Crippen molar-refractivity contribution < 1.29 is 23.9 Å². The molecule has 0 radical (unpaired) electrons. The topological polar surface area (TPSA) is 130 Å². The van der Waals surface area contributed by atoms with Crippen LogP contribution in [0.3, 0.4) is 0 Å². The molecule has 1 aliphatic heterocycles. The number of benzene rings is 2. The van der Waals surface area contributed by atoms with Crippen LogP contribution >= 0.6 is 0 Å². The van der Waals surface area contributed by atoms with Gasteiger partial charge in [-0.1, -0.05) is 82.3 Å². The van der Waals surface area contributed by atoms with E-state index < -0.39 is 18.0 Å². The fraction of sp³-hybridized carbons (Fsp3) is 0.457. The number of alkyl carbamates (subject to hydrolysis) is 1.